The molecule has 1 aliphatic rings. The van der Waals surface area contributed by atoms with E-state index in [0.717, 1.165) is 13.1 Å². The standard InChI is InChI=1S/C6H14N3.2CH3.3ClH.Ti/c1-2-8-5-6-9-4-3-7-1;;;;;;/h7-8H,1-6H2;2*1H3;3*1H;/q-1;;;;;;+1. The van der Waals surface area contributed by atoms with Crippen LogP contribution in [0.15, 0.2) is 0 Å². The molecule has 1 saturated heterocycles. The van der Waals surface area contributed by atoms with E-state index in [1.807, 2.05) is 0 Å². The fourth-order valence-electron chi connectivity index (χ4n) is 1.41. The summed E-state index contributed by atoms with van der Waals surface area (Å²) in [6.07, 6.45) is 0. The van der Waals surface area contributed by atoms with Gasteiger partial charge in [-0.2, -0.15) is 0 Å². The van der Waals surface area contributed by atoms with Crippen LogP contribution in [0, 0.1) is 0 Å². The Hall–Kier alpha value is 1.46. The molecule has 95 valence electrons. The van der Waals surface area contributed by atoms with Crippen LogP contribution < -0.4 is 10.6 Å². The Morgan fingerprint density at radius 3 is 1.53 bits per heavy atom. The molecule has 0 saturated carbocycles. The summed E-state index contributed by atoms with van der Waals surface area (Å²) in [6.45, 7) is 7.08. The summed E-state index contributed by atoms with van der Waals surface area (Å²) in [6, 6.07) is 0. The molecule has 1 fully saturated rings. The molecule has 0 unspecified atom stereocenters. The quantitative estimate of drug-likeness (QED) is 0.716. The maximum atomic E-state index is 3.43. The van der Waals surface area contributed by atoms with Gasteiger partial charge < -0.3 is 0 Å². The van der Waals surface area contributed by atoms with Gasteiger partial charge >= 0.3 is 81.9 Å². The normalized spacial score (nSPS) is 18.0. The van der Waals surface area contributed by atoms with Crippen LogP contribution in [0.3, 0.4) is 0 Å². The van der Waals surface area contributed by atoms with E-state index in [0.29, 0.717) is 0 Å². The van der Waals surface area contributed by atoms with Crippen molar-refractivity contribution in [2.24, 2.45) is 0 Å². The third-order valence-corrected chi connectivity index (χ3v) is 4.90. The molecule has 0 aromatic rings. The van der Waals surface area contributed by atoms with Gasteiger partial charge in [-0.3, -0.25) is 0 Å². The zero-order valence-corrected chi connectivity index (χ0v) is 13.4. The number of halogens is 3. The van der Waals surface area contributed by atoms with Crippen molar-refractivity contribution in [3.63, 3.8) is 0 Å². The molecular weight excluding hydrogens is 292 g/mol. The second-order valence-corrected chi connectivity index (χ2v) is 7.38. The first-order valence-corrected chi connectivity index (χ1v) is 8.59. The van der Waals surface area contributed by atoms with Gasteiger partial charge in [-0.25, -0.2) is 0 Å². The summed E-state index contributed by atoms with van der Waals surface area (Å²) < 4.78 is 2.67. The molecule has 0 atom stereocenters. The molecule has 0 radical (unpaired) electrons. The summed E-state index contributed by atoms with van der Waals surface area (Å²) >= 11 is -0.816. The molecule has 0 spiro atoms. The van der Waals surface area contributed by atoms with Crippen molar-refractivity contribution >= 4 is 37.2 Å². The van der Waals surface area contributed by atoms with E-state index in [4.69, 9.17) is 0 Å². The molecule has 15 heavy (non-hydrogen) atoms. The van der Waals surface area contributed by atoms with E-state index in [1.54, 1.807) is 0 Å². The molecule has 7 heteroatoms. The molecule has 0 amide bonds. The van der Waals surface area contributed by atoms with Gasteiger partial charge in [0.2, 0.25) is 0 Å². The van der Waals surface area contributed by atoms with E-state index in [1.165, 1.54) is 26.2 Å². The Balaban J connectivity index is -0.000000480. The average Bonchev–Trinajstić information content (AvgIpc) is 2.15. The number of nitrogens with one attached hydrogen (secondary N) is 2. The SMILES string of the molecule is Cl.Cl.Cl.[CH3][Ti]([CH3])[N]1CCNCCNCC1. The Bertz CT molecular complexity index is 120. The van der Waals surface area contributed by atoms with Gasteiger partial charge in [0, 0.05) is 0 Å². The van der Waals surface area contributed by atoms with E-state index in [-0.39, 0.29) is 37.2 Å². The topological polar surface area (TPSA) is 27.3 Å². The number of nitrogens with zero attached hydrogens (tertiary/aromatic N) is 1. The average molecular weight is 316 g/mol. The van der Waals surface area contributed by atoms with Gasteiger partial charge in [0.1, 0.15) is 0 Å². The van der Waals surface area contributed by atoms with Crippen LogP contribution in [0.4, 0.5) is 0 Å². The molecule has 0 aliphatic carbocycles. The van der Waals surface area contributed by atoms with Gasteiger partial charge in [0.25, 0.3) is 0 Å². The van der Waals surface area contributed by atoms with Crippen LogP contribution in [0.25, 0.3) is 0 Å². The van der Waals surface area contributed by atoms with E-state index in [2.05, 4.69) is 24.5 Å². The molecule has 1 rings (SSSR count). The minimum absolute atomic E-state index is 0. The van der Waals surface area contributed by atoms with E-state index >= 15 is 0 Å². The van der Waals surface area contributed by atoms with E-state index < -0.39 is 18.1 Å². The number of hydrogen-bond acceptors (Lipinski definition) is 3. The summed E-state index contributed by atoms with van der Waals surface area (Å²) in [7, 11) is 0. The first-order valence-electron chi connectivity index (χ1n) is 4.77. The van der Waals surface area contributed by atoms with Gasteiger partial charge in [-0.15, -0.1) is 37.2 Å². The number of rotatable bonds is 1. The summed E-state index contributed by atoms with van der Waals surface area (Å²) in [5.74, 6) is 0. The molecule has 0 aromatic heterocycles. The first kappa shape index (κ1) is 21.7. The van der Waals surface area contributed by atoms with Crippen LogP contribution in [-0.2, 0) is 18.1 Å². The van der Waals surface area contributed by atoms with Crippen LogP contribution in [0.1, 0.15) is 0 Å². The van der Waals surface area contributed by atoms with E-state index in [9.17, 15) is 0 Å². The second kappa shape index (κ2) is 13.5. The summed E-state index contributed by atoms with van der Waals surface area (Å²) in [5.41, 5.74) is 0. The van der Waals surface area contributed by atoms with Crippen LogP contribution in [0.5, 0.6) is 0 Å². The zero-order valence-electron chi connectivity index (χ0n) is 9.41. The molecule has 1 aliphatic heterocycles. The maximum absolute atomic E-state index is 3.43. The Labute approximate surface area is 118 Å². The molecule has 1 heterocycles. The Morgan fingerprint density at radius 1 is 0.800 bits per heavy atom. The predicted octanol–water partition coefficient (Wildman–Crippen LogP) is 1.38. The number of hydrogen-bond donors (Lipinski definition) is 2. The van der Waals surface area contributed by atoms with Gasteiger partial charge in [0.05, 0.1) is 0 Å². The van der Waals surface area contributed by atoms with Crippen molar-refractivity contribution in [2.45, 2.75) is 10.5 Å². The van der Waals surface area contributed by atoms with Gasteiger partial charge in [-0.05, 0) is 0 Å². The summed E-state index contributed by atoms with van der Waals surface area (Å²) in [5, 5.41) is 11.7. The van der Waals surface area contributed by atoms with Crippen LogP contribution in [-0.4, -0.2) is 42.7 Å². The van der Waals surface area contributed by atoms with Crippen molar-refractivity contribution in [3.8, 4) is 0 Å². The third kappa shape index (κ3) is 10.3. The Kier molecular flexibility index (Phi) is 19.6. The van der Waals surface area contributed by atoms with Crippen molar-refractivity contribution < 1.29 is 18.1 Å². The third-order valence-electron chi connectivity index (χ3n) is 2.23. The predicted molar refractivity (Wildman–Crippen MR) is 70.8 cm³/mol. The van der Waals surface area contributed by atoms with Gasteiger partial charge in [-0.1, -0.05) is 0 Å². The van der Waals surface area contributed by atoms with Crippen LogP contribution in [0.2, 0.25) is 10.5 Å². The summed E-state index contributed by atoms with van der Waals surface area (Å²) in [4.78, 5) is 0. The molecule has 0 aromatic carbocycles. The first-order chi connectivity index (χ1) is 5.80. The monoisotopic (exact) mass is 314 g/mol. The van der Waals surface area contributed by atoms with Crippen LogP contribution >= 0.6 is 37.2 Å². The zero-order chi connectivity index (χ0) is 8.81. The molecule has 3 nitrogen and oxygen atoms in total. The van der Waals surface area contributed by atoms with Crippen molar-refractivity contribution in [1.82, 2.24) is 14.0 Å². The fraction of sp³-hybridized carbons (Fsp3) is 1.00. The Morgan fingerprint density at radius 2 is 1.20 bits per heavy atom. The molecule has 2 N–H and O–H groups in total. The van der Waals surface area contributed by atoms with Crippen molar-refractivity contribution in [3.05, 3.63) is 0 Å². The molecule has 0 bridgehead atoms. The molecular formula is C8H23Cl3N3Ti. The second-order valence-electron chi connectivity index (χ2n) is 3.43. The van der Waals surface area contributed by atoms with Gasteiger partial charge in [0.15, 0.2) is 0 Å². The van der Waals surface area contributed by atoms with Crippen molar-refractivity contribution in [1.29, 1.82) is 0 Å². The fourth-order valence-corrected chi connectivity index (χ4v) is 3.16. The van der Waals surface area contributed by atoms with Crippen molar-refractivity contribution in [2.75, 3.05) is 39.3 Å². The minimum atomic E-state index is -0.816.